The number of phenols is 1. The van der Waals surface area contributed by atoms with Crippen LogP contribution in [-0.2, 0) is 16.6 Å². The molecule has 1 amide bonds. The SMILES string of the molecule is Cc1cc(CCC(=O)NCCCO)c(O)c(C(C)(C)C)c1. The minimum absolute atomic E-state index is 0.0540. The predicted molar refractivity (Wildman–Crippen MR) is 84.6 cm³/mol. The number of nitrogens with one attached hydrogen (secondary N) is 1. The summed E-state index contributed by atoms with van der Waals surface area (Å²) in [5.74, 6) is 0.248. The lowest BCUT2D eigenvalue weighted by Gasteiger charge is -2.23. The highest BCUT2D eigenvalue weighted by molar-refractivity contribution is 5.76. The van der Waals surface area contributed by atoms with Crippen LogP contribution in [0.3, 0.4) is 0 Å². The van der Waals surface area contributed by atoms with Gasteiger partial charge in [-0.2, -0.15) is 0 Å². The van der Waals surface area contributed by atoms with E-state index in [9.17, 15) is 9.90 Å². The molecule has 0 aliphatic heterocycles. The highest BCUT2D eigenvalue weighted by Crippen LogP contribution is 2.34. The Bertz CT molecular complexity index is 490. The second kappa shape index (κ2) is 7.46. The van der Waals surface area contributed by atoms with E-state index in [1.807, 2.05) is 19.1 Å². The number of amides is 1. The molecular formula is C17H27NO3. The molecule has 21 heavy (non-hydrogen) atoms. The van der Waals surface area contributed by atoms with Crippen molar-refractivity contribution in [3.63, 3.8) is 0 Å². The maximum Gasteiger partial charge on any atom is 0.220 e. The molecular weight excluding hydrogens is 266 g/mol. The van der Waals surface area contributed by atoms with Gasteiger partial charge in [0.2, 0.25) is 5.91 Å². The maximum absolute atomic E-state index is 11.7. The molecule has 1 rings (SSSR count). The van der Waals surface area contributed by atoms with Crippen molar-refractivity contribution in [1.82, 2.24) is 5.32 Å². The lowest BCUT2D eigenvalue weighted by molar-refractivity contribution is -0.121. The van der Waals surface area contributed by atoms with E-state index >= 15 is 0 Å². The number of hydrogen-bond donors (Lipinski definition) is 3. The largest absolute Gasteiger partial charge is 0.507 e. The maximum atomic E-state index is 11.7. The van der Waals surface area contributed by atoms with Crippen LogP contribution in [0.4, 0.5) is 0 Å². The molecule has 0 saturated heterocycles. The number of carbonyl (C=O) groups excluding carboxylic acids is 1. The molecule has 1 aromatic rings. The van der Waals surface area contributed by atoms with Gasteiger partial charge in [-0.3, -0.25) is 4.79 Å². The van der Waals surface area contributed by atoms with Gasteiger partial charge in [0.05, 0.1) is 0 Å². The summed E-state index contributed by atoms with van der Waals surface area (Å²) in [6.07, 6.45) is 1.42. The highest BCUT2D eigenvalue weighted by atomic mass is 16.3. The predicted octanol–water partition coefficient (Wildman–Crippen LogP) is 2.43. The number of rotatable bonds is 6. The first kappa shape index (κ1) is 17.5. The van der Waals surface area contributed by atoms with Gasteiger partial charge < -0.3 is 15.5 Å². The summed E-state index contributed by atoms with van der Waals surface area (Å²) in [4.78, 5) is 11.7. The van der Waals surface area contributed by atoms with Gasteiger partial charge in [0.1, 0.15) is 5.75 Å². The summed E-state index contributed by atoms with van der Waals surface area (Å²) in [7, 11) is 0. The van der Waals surface area contributed by atoms with E-state index in [1.54, 1.807) is 0 Å². The van der Waals surface area contributed by atoms with Gasteiger partial charge in [-0.25, -0.2) is 0 Å². The van der Waals surface area contributed by atoms with E-state index in [1.165, 1.54) is 0 Å². The molecule has 0 radical (unpaired) electrons. The fraction of sp³-hybridized carbons (Fsp3) is 0.588. The van der Waals surface area contributed by atoms with Crippen molar-refractivity contribution in [3.05, 3.63) is 28.8 Å². The zero-order chi connectivity index (χ0) is 16.0. The van der Waals surface area contributed by atoms with Gasteiger partial charge in [0, 0.05) is 19.6 Å². The third-order valence-electron chi connectivity index (χ3n) is 3.42. The molecule has 0 bridgehead atoms. The van der Waals surface area contributed by atoms with Crippen molar-refractivity contribution in [2.75, 3.05) is 13.2 Å². The Morgan fingerprint density at radius 2 is 1.95 bits per heavy atom. The summed E-state index contributed by atoms with van der Waals surface area (Å²) in [6, 6.07) is 3.94. The van der Waals surface area contributed by atoms with Crippen LogP contribution >= 0.6 is 0 Å². The quantitative estimate of drug-likeness (QED) is 0.706. The summed E-state index contributed by atoms with van der Waals surface area (Å²) >= 11 is 0. The molecule has 0 unspecified atom stereocenters. The van der Waals surface area contributed by atoms with Crippen LogP contribution in [0, 0.1) is 6.92 Å². The van der Waals surface area contributed by atoms with Crippen LogP contribution in [-0.4, -0.2) is 29.3 Å². The summed E-state index contributed by atoms with van der Waals surface area (Å²) in [6.45, 7) is 8.75. The minimum atomic E-state index is -0.131. The van der Waals surface area contributed by atoms with Crippen molar-refractivity contribution in [2.24, 2.45) is 0 Å². The summed E-state index contributed by atoms with van der Waals surface area (Å²) in [5.41, 5.74) is 2.69. The second-order valence-corrected chi connectivity index (χ2v) is 6.50. The fourth-order valence-electron chi connectivity index (χ4n) is 2.26. The average molecular weight is 293 g/mol. The number of aliphatic hydroxyl groups excluding tert-OH is 1. The smallest absolute Gasteiger partial charge is 0.220 e. The van der Waals surface area contributed by atoms with Crippen LogP contribution < -0.4 is 5.32 Å². The van der Waals surface area contributed by atoms with E-state index < -0.39 is 0 Å². The molecule has 0 heterocycles. The lowest BCUT2D eigenvalue weighted by atomic mass is 9.83. The normalized spacial score (nSPS) is 11.5. The van der Waals surface area contributed by atoms with E-state index in [2.05, 4.69) is 26.1 Å². The Balaban J connectivity index is 2.76. The third-order valence-corrected chi connectivity index (χ3v) is 3.42. The molecule has 0 saturated carbocycles. The number of carbonyl (C=O) groups is 1. The second-order valence-electron chi connectivity index (χ2n) is 6.50. The van der Waals surface area contributed by atoms with Gasteiger partial charge in [-0.1, -0.05) is 38.5 Å². The number of hydrogen-bond acceptors (Lipinski definition) is 3. The van der Waals surface area contributed by atoms with Crippen molar-refractivity contribution < 1.29 is 15.0 Å². The van der Waals surface area contributed by atoms with Gasteiger partial charge in [0.15, 0.2) is 0 Å². The number of benzene rings is 1. The first-order valence-corrected chi connectivity index (χ1v) is 7.46. The van der Waals surface area contributed by atoms with E-state index in [0.717, 1.165) is 16.7 Å². The Hall–Kier alpha value is -1.55. The van der Waals surface area contributed by atoms with Crippen LogP contribution in [0.15, 0.2) is 12.1 Å². The number of aryl methyl sites for hydroxylation is 2. The Kier molecular flexibility index (Phi) is 6.21. The molecule has 0 aliphatic carbocycles. The first-order valence-electron chi connectivity index (χ1n) is 7.46. The van der Waals surface area contributed by atoms with Crippen LogP contribution in [0.2, 0.25) is 0 Å². The van der Waals surface area contributed by atoms with Crippen molar-refractivity contribution in [2.45, 2.75) is 52.4 Å². The first-order chi connectivity index (χ1) is 9.75. The molecule has 0 atom stereocenters. The number of aromatic hydroxyl groups is 1. The van der Waals surface area contributed by atoms with Gasteiger partial charge >= 0.3 is 0 Å². The van der Waals surface area contributed by atoms with E-state index in [0.29, 0.717) is 31.6 Å². The minimum Gasteiger partial charge on any atom is -0.507 e. The van der Waals surface area contributed by atoms with Crippen LogP contribution in [0.1, 0.15) is 50.3 Å². The van der Waals surface area contributed by atoms with E-state index in [4.69, 9.17) is 5.11 Å². The Labute approximate surface area is 127 Å². The monoisotopic (exact) mass is 293 g/mol. The summed E-state index contributed by atoms with van der Waals surface area (Å²) < 4.78 is 0. The zero-order valence-corrected chi connectivity index (χ0v) is 13.5. The summed E-state index contributed by atoms with van der Waals surface area (Å²) in [5, 5.41) is 21.8. The molecule has 1 aromatic carbocycles. The van der Waals surface area contributed by atoms with Gasteiger partial charge in [0.25, 0.3) is 0 Å². The van der Waals surface area contributed by atoms with Crippen molar-refractivity contribution in [1.29, 1.82) is 0 Å². The Morgan fingerprint density at radius 1 is 1.29 bits per heavy atom. The van der Waals surface area contributed by atoms with Gasteiger partial charge in [-0.15, -0.1) is 0 Å². The zero-order valence-electron chi connectivity index (χ0n) is 13.5. The van der Waals surface area contributed by atoms with Crippen LogP contribution in [0.25, 0.3) is 0 Å². The molecule has 4 nitrogen and oxygen atoms in total. The molecule has 4 heteroatoms. The van der Waals surface area contributed by atoms with Crippen molar-refractivity contribution >= 4 is 5.91 Å². The standard InChI is InChI=1S/C17H27NO3/c1-12-10-13(6-7-15(20)18-8-5-9-19)16(21)14(11-12)17(2,3)4/h10-11,19,21H,5-9H2,1-4H3,(H,18,20). The number of aliphatic hydroxyl groups is 1. The van der Waals surface area contributed by atoms with Crippen LogP contribution in [0.5, 0.6) is 5.75 Å². The van der Waals surface area contributed by atoms with Gasteiger partial charge in [-0.05, 0) is 36.3 Å². The van der Waals surface area contributed by atoms with E-state index in [-0.39, 0.29) is 17.9 Å². The fourth-order valence-corrected chi connectivity index (χ4v) is 2.26. The Morgan fingerprint density at radius 3 is 2.52 bits per heavy atom. The highest BCUT2D eigenvalue weighted by Gasteiger charge is 2.20. The molecule has 0 aromatic heterocycles. The third kappa shape index (κ3) is 5.38. The lowest BCUT2D eigenvalue weighted by Crippen LogP contribution is -2.25. The molecule has 118 valence electrons. The van der Waals surface area contributed by atoms with Crippen molar-refractivity contribution in [3.8, 4) is 5.75 Å². The molecule has 3 N–H and O–H groups in total. The average Bonchev–Trinajstić information content (AvgIpc) is 2.38. The topological polar surface area (TPSA) is 69.6 Å². The number of phenolic OH excluding ortho intramolecular Hbond substituents is 1. The molecule has 0 fully saturated rings. The molecule has 0 aliphatic rings. The molecule has 0 spiro atoms.